The number of carbonyl (C=O) groups excluding carboxylic acids is 2. The van der Waals surface area contributed by atoms with Gasteiger partial charge < -0.3 is 39.3 Å². The third kappa shape index (κ3) is 28.3. The largest absolute Gasteiger partial charge is 0.469 e. The standard InChI is InChI=1S/C41H71O12P/c1-3-5-7-8-9-10-11-12-13-14-15-16-17-18-23-27-39(44)50-32-35(33-51-54(47,48)49)52-40(45)28-24-20-19-22-26-36-37(43)31-41(46)53-38(36)30-29-34(42)25-21-6-4-2/h9-10,12-13,19,22,29-30,34-38,41-43,46H,3-8,11,14-18,20-21,23-28,31-33H2,1-2H3,(H2,47,48,49)/b10-9-,13-12-,22-19-,30-29+/t34-,35+,36-,37-,38+,41?/m0/s1. The Morgan fingerprint density at radius 1 is 0.778 bits per heavy atom. The zero-order valence-electron chi connectivity index (χ0n) is 32.9. The van der Waals surface area contributed by atoms with Gasteiger partial charge in [0, 0.05) is 25.2 Å². The maximum absolute atomic E-state index is 12.5. The summed E-state index contributed by atoms with van der Waals surface area (Å²) < 4.78 is 32.0. The Balaban J connectivity index is 2.37. The molecule has 1 aliphatic rings. The van der Waals surface area contributed by atoms with Gasteiger partial charge in [-0.15, -0.1) is 0 Å². The van der Waals surface area contributed by atoms with Crippen LogP contribution >= 0.6 is 7.82 Å². The summed E-state index contributed by atoms with van der Waals surface area (Å²) in [6.07, 6.45) is 28.8. The van der Waals surface area contributed by atoms with Gasteiger partial charge in [0.05, 0.1) is 24.9 Å². The minimum atomic E-state index is -4.84. The van der Waals surface area contributed by atoms with Crippen molar-refractivity contribution in [3.05, 3.63) is 48.6 Å². The molecule has 0 spiro atoms. The van der Waals surface area contributed by atoms with E-state index in [1.54, 1.807) is 12.2 Å². The molecule has 0 amide bonds. The number of allylic oxidation sites excluding steroid dienone is 6. The lowest BCUT2D eigenvalue weighted by Crippen LogP contribution is -2.43. The van der Waals surface area contributed by atoms with E-state index in [0.29, 0.717) is 32.1 Å². The third-order valence-corrected chi connectivity index (χ3v) is 9.60. The molecule has 0 saturated carbocycles. The fourth-order valence-electron chi connectivity index (χ4n) is 5.97. The highest BCUT2D eigenvalue weighted by Crippen LogP contribution is 2.36. The molecule has 13 heteroatoms. The number of aliphatic hydroxyl groups is 3. The number of hydrogen-bond donors (Lipinski definition) is 5. The van der Waals surface area contributed by atoms with Crippen molar-refractivity contribution in [2.45, 2.75) is 179 Å². The van der Waals surface area contributed by atoms with Crippen LogP contribution in [0.1, 0.15) is 149 Å². The molecule has 1 fully saturated rings. The summed E-state index contributed by atoms with van der Waals surface area (Å²) in [4.78, 5) is 43.0. The van der Waals surface area contributed by atoms with Gasteiger partial charge in [-0.05, 0) is 64.2 Å². The molecule has 312 valence electrons. The molecule has 6 atom stereocenters. The topological polar surface area (TPSA) is 189 Å². The van der Waals surface area contributed by atoms with Crippen LogP contribution in [0.25, 0.3) is 0 Å². The van der Waals surface area contributed by atoms with Gasteiger partial charge in [0.1, 0.15) is 6.61 Å². The Bertz CT molecular complexity index is 1130. The minimum Gasteiger partial charge on any atom is -0.462 e. The lowest BCUT2D eigenvalue weighted by atomic mass is 9.87. The number of unbranched alkanes of at least 4 members (excludes halogenated alkanes) is 11. The maximum Gasteiger partial charge on any atom is 0.469 e. The zero-order valence-corrected chi connectivity index (χ0v) is 33.8. The van der Waals surface area contributed by atoms with E-state index in [0.717, 1.165) is 64.2 Å². The summed E-state index contributed by atoms with van der Waals surface area (Å²) in [5, 5.41) is 30.8. The first-order chi connectivity index (χ1) is 25.9. The van der Waals surface area contributed by atoms with Gasteiger partial charge in [-0.25, -0.2) is 4.57 Å². The van der Waals surface area contributed by atoms with E-state index in [1.807, 2.05) is 12.2 Å². The Morgan fingerprint density at radius 2 is 1.39 bits per heavy atom. The highest BCUT2D eigenvalue weighted by atomic mass is 31.2. The first-order valence-corrected chi connectivity index (χ1v) is 21.9. The highest BCUT2D eigenvalue weighted by Gasteiger charge is 2.35. The molecular weight excluding hydrogens is 715 g/mol. The van der Waals surface area contributed by atoms with Crippen LogP contribution in [0, 0.1) is 5.92 Å². The van der Waals surface area contributed by atoms with Gasteiger partial charge in [-0.3, -0.25) is 14.1 Å². The number of phosphoric acid groups is 1. The fraction of sp³-hybridized carbons (Fsp3) is 0.756. The maximum atomic E-state index is 12.5. The number of esters is 2. The van der Waals surface area contributed by atoms with E-state index in [1.165, 1.54) is 19.3 Å². The summed E-state index contributed by atoms with van der Waals surface area (Å²) in [6.45, 7) is 3.30. The predicted octanol–water partition coefficient (Wildman–Crippen LogP) is 8.06. The molecular formula is C41H71O12P. The zero-order chi connectivity index (χ0) is 39.9. The molecule has 0 aromatic heterocycles. The SMILES string of the molecule is CCCCC/C=C\C/C=C\CCCCCCCC(=O)OC[C@H](COP(=O)(O)O)OC(=O)CCC/C=C\C[C@H]1[C@@H](O)CC(O)O[C@@H]1/C=C/[C@@H](O)CCCCC. The number of aliphatic hydroxyl groups excluding tert-OH is 3. The van der Waals surface area contributed by atoms with Gasteiger partial charge in [-0.1, -0.05) is 114 Å². The number of phosphoric ester groups is 1. The van der Waals surface area contributed by atoms with Gasteiger partial charge in [0.25, 0.3) is 0 Å². The van der Waals surface area contributed by atoms with Crippen molar-refractivity contribution < 1.29 is 58.0 Å². The summed E-state index contributed by atoms with van der Waals surface area (Å²) in [6, 6.07) is 0. The predicted molar refractivity (Wildman–Crippen MR) is 210 cm³/mol. The van der Waals surface area contributed by atoms with Gasteiger partial charge >= 0.3 is 19.8 Å². The van der Waals surface area contributed by atoms with Crippen LogP contribution in [-0.4, -0.2) is 81.0 Å². The average Bonchev–Trinajstić information content (AvgIpc) is 3.12. The second kappa shape index (κ2) is 32.0. The lowest BCUT2D eigenvalue weighted by Gasteiger charge is -2.36. The molecule has 1 heterocycles. The highest BCUT2D eigenvalue weighted by molar-refractivity contribution is 7.46. The molecule has 1 unspecified atom stereocenters. The van der Waals surface area contributed by atoms with Crippen LogP contribution in [-0.2, 0) is 32.9 Å². The summed E-state index contributed by atoms with van der Waals surface area (Å²) in [5.74, 6) is -1.42. The van der Waals surface area contributed by atoms with Gasteiger partial charge in [0.2, 0.25) is 0 Å². The van der Waals surface area contributed by atoms with Crippen LogP contribution in [0.15, 0.2) is 48.6 Å². The molecule has 1 aliphatic heterocycles. The van der Waals surface area contributed by atoms with E-state index in [9.17, 15) is 29.5 Å². The summed E-state index contributed by atoms with van der Waals surface area (Å²) in [7, 11) is -4.84. The van der Waals surface area contributed by atoms with Crippen LogP contribution in [0.2, 0.25) is 0 Å². The van der Waals surface area contributed by atoms with Crippen molar-refractivity contribution in [1.82, 2.24) is 0 Å². The molecule has 1 saturated heterocycles. The normalized spacial score (nSPS) is 20.7. The van der Waals surface area contributed by atoms with Crippen molar-refractivity contribution >= 4 is 19.8 Å². The molecule has 5 N–H and O–H groups in total. The molecule has 54 heavy (non-hydrogen) atoms. The van der Waals surface area contributed by atoms with Crippen molar-refractivity contribution in [2.75, 3.05) is 13.2 Å². The first kappa shape index (κ1) is 49.9. The van der Waals surface area contributed by atoms with Gasteiger partial charge in [0.15, 0.2) is 12.4 Å². The quantitative estimate of drug-likeness (QED) is 0.0191. The third-order valence-electron chi connectivity index (χ3n) is 9.12. The van der Waals surface area contributed by atoms with Crippen LogP contribution in [0.5, 0.6) is 0 Å². The monoisotopic (exact) mass is 786 g/mol. The van der Waals surface area contributed by atoms with Crippen molar-refractivity contribution in [3.63, 3.8) is 0 Å². The summed E-state index contributed by atoms with van der Waals surface area (Å²) in [5.41, 5.74) is 0. The number of ether oxygens (including phenoxy) is 3. The Labute approximate surface area is 324 Å². The number of carbonyl (C=O) groups is 2. The van der Waals surface area contributed by atoms with E-state index in [2.05, 4.69) is 42.7 Å². The Kier molecular flexibility index (Phi) is 29.5. The molecule has 0 aromatic rings. The number of hydrogen-bond acceptors (Lipinski definition) is 10. The first-order valence-electron chi connectivity index (χ1n) is 20.3. The van der Waals surface area contributed by atoms with Crippen molar-refractivity contribution in [1.29, 1.82) is 0 Å². The van der Waals surface area contributed by atoms with Gasteiger partial charge in [-0.2, -0.15) is 0 Å². The fourth-order valence-corrected chi connectivity index (χ4v) is 6.33. The average molecular weight is 787 g/mol. The van der Waals surface area contributed by atoms with Crippen molar-refractivity contribution in [3.8, 4) is 0 Å². The van der Waals surface area contributed by atoms with Crippen molar-refractivity contribution in [2.24, 2.45) is 5.92 Å². The minimum absolute atomic E-state index is 0.0132. The van der Waals surface area contributed by atoms with Crippen LogP contribution in [0.4, 0.5) is 0 Å². The number of rotatable bonds is 32. The Morgan fingerprint density at radius 3 is 2.09 bits per heavy atom. The van der Waals surface area contributed by atoms with E-state index < -0.39 is 57.1 Å². The molecule has 12 nitrogen and oxygen atoms in total. The molecule has 0 radical (unpaired) electrons. The van der Waals surface area contributed by atoms with Crippen LogP contribution in [0.3, 0.4) is 0 Å². The summed E-state index contributed by atoms with van der Waals surface area (Å²) >= 11 is 0. The van der Waals surface area contributed by atoms with E-state index in [4.69, 9.17) is 24.0 Å². The van der Waals surface area contributed by atoms with E-state index >= 15 is 0 Å². The smallest absolute Gasteiger partial charge is 0.462 e. The van der Waals surface area contributed by atoms with E-state index in [-0.39, 0.29) is 31.8 Å². The molecule has 0 bridgehead atoms. The second-order valence-corrected chi connectivity index (χ2v) is 15.4. The molecule has 0 aromatic carbocycles. The Hall–Kier alpha value is -2.15. The second-order valence-electron chi connectivity index (χ2n) is 14.1. The molecule has 1 rings (SSSR count). The van der Waals surface area contributed by atoms with Crippen LogP contribution < -0.4 is 0 Å². The lowest BCUT2D eigenvalue weighted by molar-refractivity contribution is -0.199. The molecule has 0 aliphatic carbocycles.